The number of hydrogen-bond acceptors (Lipinski definition) is 6. The first-order chi connectivity index (χ1) is 15.4. The highest BCUT2D eigenvalue weighted by molar-refractivity contribution is 14.1. The predicted octanol–water partition coefficient (Wildman–Crippen LogP) is 5.13. The minimum Gasteiger partial charge on any atom is -0.504 e. The second-order valence-electron chi connectivity index (χ2n) is 8.64. The van der Waals surface area contributed by atoms with E-state index in [9.17, 15) is 5.11 Å². The maximum absolute atomic E-state index is 10.0. The van der Waals surface area contributed by atoms with Crippen molar-refractivity contribution in [2.24, 2.45) is 0 Å². The molecular weight excluding hydrogens is 515 g/mol. The summed E-state index contributed by atoms with van der Waals surface area (Å²) in [6.07, 6.45) is 4.47. The van der Waals surface area contributed by atoms with E-state index in [0.29, 0.717) is 17.8 Å². The number of halogens is 1. The molecule has 1 heterocycles. The molecule has 1 aliphatic rings. The van der Waals surface area contributed by atoms with E-state index >= 15 is 0 Å². The minimum atomic E-state index is 0.211. The van der Waals surface area contributed by atoms with Crippen LogP contribution in [0.2, 0.25) is 0 Å². The summed E-state index contributed by atoms with van der Waals surface area (Å²) in [5, 5.41) is 18.6. The number of nitrogens with one attached hydrogen (secondary N) is 2. The molecule has 0 atom stereocenters. The summed E-state index contributed by atoms with van der Waals surface area (Å²) in [4.78, 5) is 7.00. The van der Waals surface area contributed by atoms with Crippen LogP contribution < -0.4 is 20.3 Å². The van der Waals surface area contributed by atoms with E-state index in [4.69, 9.17) is 9.72 Å². The van der Waals surface area contributed by atoms with Gasteiger partial charge in [0.05, 0.1) is 16.2 Å². The van der Waals surface area contributed by atoms with E-state index in [1.54, 1.807) is 7.11 Å². The van der Waals surface area contributed by atoms with Crippen molar-refractivity contribution in [2.45, 2.75) is 44.3 Å². The normalized spacial score (nSPS) is 18.5. The largest absolute Gasteiger partial charge is 0.504 e. The first kappa shape index (κ1) is 22.9. The van der Waals surface area contributed by atoms with E-state index in [0.717, 1.165) is 52.7 Å². The van der Waals surface area contributed by atoms with Crippen molar-refractivity contribution in [3.63, 3.8) is 0 Å². The third kappa shape index (κ3) is 5.20. The van der Waals surface area contributed by atoms with Gasteiger partial charge in [-0.2, -0.15) is 0 Å². The Hall–Kier alpha value is -2.26. The fourth-order valence-electron chi connectivity index (χ4n) is 4.40. The number of rotatable bonds is 7. The van der Waals surface area contributed by atoms with Gasteiger partial charge in [0.15, 0.2) is 11.5 Å². The van der Waals surface area contributed by atoms with Crippen molar-refractivity contribution < 1.29 is 9.84 Å². The van der Waals surface area contributed by atoms with Gasteiger partial charge >= 0.3 is 0 Å². The van der Waals surface area contributed by atoms with Gasteiger partial charge in [-0.15, -0.1) is 0 Å². The second-order valence-corrected chi connectivity index (χ2v) is 9.80. The SMILES string of the molecule is COc1cc(CNC2CCC(Nc3cc(N(C)C)c4ccccc4n3)CC2)cc(I)c1O. The highest BCUT2D eigenvalue weighted by Crippen LogP contribution is 2.33. The smallest absolute Gasteiger partial charge is 0.171 e. The molecular formula is C25H31IN4O2. The van der Waals surface area contributed by atoms with Crippen LogP contribution in [0.4, 0.5) is 11.5 Å². The molecule has 6 nitrogen and oxygen atoms in total. The number of anilines is 2. The van der Waals surface area contributed by atoms with Gasteiger partial charge in [-0.1, -0.05) is 18.2 Å². The zero-order valence-corrected chi connectivity index (χ0v) is 21.0. The first-order valence-corrected chi connectivity index (χ1v) is 12.1. The molecule has 1 aromatic heterocycles. The van der Waals surface area contributed by atoms with E-state index < -0.39 is 0 Å². The molecule has 0 radical (unpaired) electrons. The minimum absolute atomic E-state index is 0.211. The molecule has 4 rings (SSSR count). The van der Waals surface area contributed by atoms with Crippen molar-refractivity contribution in [1.29, 1.82) is 0 Å². The Morgan fingerprint density at radius 1 is 1.09 bits per heavy atom. The van der Waals surface area contributed by atoms with E-state index in [-0.39, 0.29) is 5.75 Å². The summed E-state index contributed by atoms with van der Waals surface area (Å²) in [6.45, 7) is 0.772. The van der Waals surface area contributed by atoms with Crippen LogP contribution in [0.25, 0.3) is 10.9 Å². The van der Waals surface area contributed by atoms with Crippen LogP contribution in [-0.2, 0) is 6.54 Å². The zero-order chi connectivity index (χ0) is 22.7. The van der Waals surface area contributed by atoms with E-state index in [2.05, 4.69) is 76.5 Å². The first-order valence-electron chi connectivity index (χ1n) is 11.1. The standard InChI is InChI=1S/C25H31IN4O2/c1-30(2)22-14-24(29-21-7-5-4-6-19(21)22)28-18-10-8-17(9-11-18)27-15-16-12-20(26)25(31)23(13-16)32-3/h4-7,12-14,17-18,27,31H,8-11,15H2,1-3H3,(H,28,29). The average Bonchev–Trinajstić information content (AvgIpc) is 2.80. The molecule has 170 valence electrons. The van der Waals surface area contributed by atoms with Crippen molar-refractivity contribution >= 4 is 45.0 Å². The lowest BCUT2D eigenvalue weighted by Gasteiger charge is -2.30. The third-order valence-electron chi connectivity index (χ3n) is 6.16. The Kier molecular flexibility index (Phi) is 7.25. The van der Waals surface area contributed by atoms with Crippen molar-refractivity contribution in [3.05, 3.63) is 51.6 Å². The summed E-state index contributed by atoms with van der Waals surface area (Å²) in [5.74, 6) is 1.69. The number of nitrogens with zero attached hydrogens (tertiary/aromatic N) is 2. The summed E-state index contributed by atoms with van der Waals surface area (Å²) in [6, 6.07) is 15.3. The van der Waals surface area contributed by atoms with Gasteiger partial charge in [-0.05, 0) is 72.0 Å². The maximum Gasteiger partial charge on any atom is 0.171 e. The molecule has 3 aromatic rings. The highest BCUT2D eigenvalue weighted by Gasteiger charge is 2.22. The maximum atomic E-state index is 10.0. The van der Waals surface area contributed by atoms with Gasteiger partial charge in [0.25, 0.3) is 0 Å². The number of aromatic hydroxyl groups is 1. The molecule has 0 saturated heterocycles. The summed E-state index contributed by atoms with van der Waals surface area (Å²) in [5.41, 5.74) is 3.34. The summed E-state index contributed by atoms with van der Waals surface area (Å²) < 4.78 is 6.09. The van der Waals surface area contributed by atoms with Crippen LogP contribution in [0.1, 0.15) is 31.2 Å². The predicted molar refractivity (Wildman–Crippen MR) is 140 cm³/mol. The van der Waals surface area contributed by atoms with Gasteiger partial charge < -0.3 is 25.4 Å². The van der Waals surface area contributed by atoms with Crippen LogP contribution in [0.3, 0.4) is 0 Å². The third-order valence-corrected chi connectivity index (χ3v) is 6.98. The quantitative estimate of drug-likeness (QED) is 0.357. The molecule has 3 N–H and O–H groups in total. The van der Waals surface area contributed by atoms with Crippen molar-refractivity contribution in [2.75, 3.05) is 31.4 Å². The lowest BCUT2D eigenvalue weighted by Crippen LogP contribution is -2.36. The van der Waals surface area contributed by atoms with Crippen LogP contribution >= 0.6 is 22.6 Å². The summed E-state index contributed by atoms with van der Waals surface area (Å²) in [7, 11) is 5.74. The number of aromatic nitrogens is 1. The molecule has 1 fully saturated rings. The number of phenolic OH excluding ortho intramolecular Hbond substituents is 1. The van der Waals surface area contributed by atoms with Gasteiger partial charge in [-0.25, -0.2) is 4.98 Å². The Balaban J connectivity index is 1.34. The molecule has 0 amide bonds. The van der Waals surface area contributed by atoms with Gasteiger partial charge in [-0.3, -0.25) is 0 Å². The average molecular weight is 546 g/mol. The number of hydrogen-bond donors (Lipinski definition) is 3. The Morgan fingerprint density at radius 3 is 2.53 bits per heavy atom. The van der Waals surface area contributed by atoms with E-state index in [1.807, 2.05) is 18.2 Å². The highest BCUT2D eigenvalue weighted by atomic mass is 127. The number of methoxy groups -OCH3 is 1. The monoisotopic (exact) mass is 546 g/mol. The molecule has 7 heteroatoms. The molecule has 0 aliphatic heterocycles. The Morgan fingerprint density at radius 2 is 1.81 bits per heavy atom. The Labute approximate surface area is 203 Å². The van der Waals surface area contributed by atoms with Crippen LogP contribution in [0.15, 0.2) is 42.5 Å². The number of pyridine rings is 1. The lowest BCUT2D eigenvalue weighted by molar-refractivity contribution is 0.351. The van der Waals surface area contributed by atoms with Gasteiger partial charge in [0.1, 0.15) is 5.82 Å². The van der Waals surface area contributed by atoms with Crippen molar-refractivity contribution in [3.8, 4) is 11.5 Å². The van der Waals surface area contributed by atoms with E-state index in [1.165, 1.54) is 11.1 Å². The zero-order valence-electron chi connectivity index (χ0n) is 18.9. The van der Waals surface area contributed by atoms with Crippen LogP contribution in [0, 0.1) is 3.57 Å². The van der Waals surface area contributed by atoms with Crippen molar-refractivity contribution in [1.82, 2.24) is 10.3 Å². The fraction of sp³-hybridized carbons (Fsp3) is 0.400. The lowest BCUT2D eigenvalue weighted by atomic mass is 9.91. The number of ether oxygens (including phenoxy) is 1. The fourth-order valence-corrected chi connectivity index (χ4v) is 5.06. The molecule has 0 bridgehead atoms. The molecule has 0 unspecified atom stereocenters. The van der Waals surface area contributed by atoms with Gasteiger partial charge in [0.2, 0.25) is 0 Å². The Bertz CT molecular complexity index is 1080. The number of para-hydroxylation sites is 1. The van der Waals surface area contributed by atoms with Crippen LogP contribution in [0.5, 0.6) is 11.5 Å². The molecule has 32 heavy (non-hydrogen) atoms. The number of phenols is 1. The topological polar surface area (TPSA) is 69.7 Å². The van der Waals surface area contributed by atoms with Crippen LogP contribution in [-0.4, -0.2) is 43.4 Å². The van der Waals surface area contributed by atoms with Gasteiger partial charge in [0, 0.05) is 49.9 Å². The number of fused-ring (bicyclic) bond motifs is 1. The molecule has 1 saturated carbocycles. The number of benzene rings is 2. The summed E-state index contributed by atoms with van der Waals surface area (Å²) >= 11 is 2.14. The molecule has 0 spiro atoms. The molecule has 2 aromatic carbocycles. The second kappa shape index (κ2) is 10.1. The molecule has 1 aliphatic carbocycles.